The summed E-state index contributed by atoms with van der Waals surface area (Å²) >= 11 is 0. The van der Waals surface area contributed by atoms with Gasteiger partial charge >= 0.3 is 7.12 Å². The summed E-state index contributed by atoms with van der Waals surface area (Å²) in [5.74, 6) is 0.324. The molecule has 2 saturated heterocycles. The van der Waals surface area contributed by atoms with E-state index in [1.165, 1.54) is 6.92 Å². The maximum atomic E-state index is 14.0. The third-order valence-electron chi connectivity index (χ3n) is 11.1. The minimum absolute atomic E-state index is 0.0103. The van der Waals surface area contributed by atoms with Crippen molar-refractivity contribution in [3.05, 3.63) is 48.3 Å². The summed E-state index contributed by atoms with van der Waals surface area (Å²) < 4.78 is 15.3. The Hall–Kier alpha value is -3.38. The lowest BCUT2D eigenvalue weighted by Gasteiger charge is -2.64. The highest BCUT2D eigenvalue weighted by Gasteiger charge is 2.68. The quantitative estimate of drug-likeness (QED) is 0.329. The Bertz CT molecular complexity index is 1400. The number of carbonyl (C=O) groups excluding carboxylic acids is 3. The number of likely N-dealkylation sites (tertiary alicyclic amines) is 1. The van der Waals surface area contributed by atoms with Gasteiger partial charge in [0, 0.05) is 38.8 Å². The molecule has 3 aliphatic carbocycles. The van der Waals surface area contributed by atoms with Gasteiger partial charge in [-0.25, -0.2) is 4.98 Å². The van der Waals surface area contributed by atoms with Crippen LogP contribution in [-0.2, 0) is 36.7 Å². The highest BCUT2D eigenvalue weighted by atomic mass is 16.7. The first kappa shape index (κ1) is 31.6. The number of hydrogen-bond acceptors (Lipinski definition) is 7. The van der Waals surface area contributed by atoms with E-state index in [0.717, 1.165) is 24.8 Å². The summed E-state index contributed by atoms with van der Waals surface area (Å²) in [5, 5.41) is 6.08. The van der Waals surface area contributed by atoms with Crippen LogP contribution in [0, 0.1) is 17.3 Å². The van der Waals surface area contributed by atoms with E-state index in [0.29, 0.717) is 56.6 Å². The zero-order valence-corrected chi connectivity index (χ0v) is 26.9. The van der Waals surface area contributed by atoms with Crippen molar-refractivity contribution < 1.29 is 23.7 Å². The molecule has 2 aliphatic heterocycles. The number of anilines is 1. The molecular weight excluding hydrogens is 571 g/mol. The summed E-state index contributed by atoms with van der Waals surface area (Å²) in [5.41, 5.74) is 6.74. The first-order valence-corrected chi connectivity index (χ1v) is 16.5. The molecule has 5 fully saturated rings. The van der Waals surface area contributed by atoms with Gasteiger partial charge in [-0.15, -0.1) is 0 Å². The first-order chi connectivity index (χ1) is 21.5. The Balaban J connectivity index is 1.17. The summed E-state index contributed by atoms with van der Waals surface area (Å²) in [6.07, 6.45) is 8.56. The Morgan fingerprint density at radius 2 is 1.93 bits per heavy atom. The lowest BCUT2D eigenvalue weighted by molar-refractivity contribution is -0.199. The van der Waals surface area contributed by atoms with Crippen LogP contribution in [0.5, 0.6) is 0 Å². The Morgan fingerprint density at radius 1 is 1.16 bits per heavy atom. The number of rotatable bonds is 11. The van der Waals surface area contributed by atoms with Crippen LogP contribution in [-0.4, -0.2) is 75.6 Å². The Kier molecular flexibility index (Phi) is 8.73. The van der Waals surface area contributed by atoms with Crippen molar-refractivity contribution in [2.75, 3.05) is 12.3 Å². The molecule has 12 heteroatoms. The van der Waals surface area contributed by atoms with Gasteiger partial charge in [0.05, 0.1) is 17.6 Å². The van der Waals surface area contributed by atoms with Crippen LogP contribution >= 0.6 is 0 Å². The minimum Gasteiger partial charge on any atom is -0.404 e. The Morgan fingerprint density at radius 3 is 2.62 bits per heavy atom. The SMILES string of the molecule is CC(=O)N[C@H](Cc1ccccc1)C(=O)N1CCC[C@H]1C(=O)NC(CCCn1ccnc1N)B1O[C@@H]2C[C@@H]3CC(C3(C)C)[C@]2(C)O1. The second-order valence-electron chi connectivity index (χ2n) is 14.2. The molecule has 2 aromatic rings. The zero-order chi connectivity index (χ0) is 31.9. The van der Waals surface area contributed by atoms with E-state index in [9.17, 15) is 14.4 Å². The van der Waals surface area contributed by atoms with Crippen molar-refractivity contribution in [1.82, 2.24) is 25.1 Å². The molecule has 4 N–H and O–H groups in total. The molecule has 45 heavy (non-hydrogen) atoms. The van der Waals surface area contributed by atoms with E-state index in [4.69, 9.17) is 15.0 Å². The molecule has 2 unspecified atom stereocenters. The third kappa shape index (κ3) is 6.11. The molecule has 0 radical (unpaired) electrons. The molecule has 7 atom stereocenters. The number of benzene rings is 1. The molecule has 7 rings (SSSR count). The first-order valence-electron chi connectivity index (χ1n) is 16.5. The number of imidazole rings is 1. The maximum absolute atomic E-state index is 14.0. The molecule has 0 spiro atoms. The molecule has 11 nitrogen and oxygen atoms in total. The molecule has 2 bridgehead atoms. The number of nitrogen functional groups attached to an aromatic ring is 1. The van der Waals surface area contributed by atoms with Crippen LogP contribution in [0.15, 0.2) is 42.7 Å². The monoisotopic (exact) mass is 618 g/mol. The number of carbonyl (C=O) groups is 3. The molecule has 1 aromatic carbocycles. The smallest absolute Gasteiger partial charge is 0.404 e. The van der Waals surface area contributed by atoms with Gasteiger partial charge in [-0.2, -0.15) is 0 Å². The molecule has 5 aliphatic rings. The van der Waals surface area contributed by atoms with Gasteiger partial charge in [-0.3, -0.25) is 14.4 Å². The summed E-state index contributed by atoms with van der Waals surface area (Å²) in [4.78, 5) is 45.7. The molecule has 242 valence electrons. The summed E-state index contributed by atoms with van der Waals surface area (Å²) in [6, 6.07) is 8.21. The predicted molar refractivity (Wildman–Crippen MR) is 170 cm³/mol. The van der Waals surface area contributed by atoms with E-state index in [1.807, 2.05) is 41.1 Å². The van der Waals surface area contributed by atoms with Crippen molar-refractivity contribution in [1.29, 1.82) is 0 Å². The number of nitrogens with one attached hydrogen (secondary N) is 2. The van der Waals surface area contributed by atoms with E-state index >= 15 is 0 Å². The van der Waals surface area contributed by atoms with Gasteiger partial charge in [0.15, 0.2) is 5.95 Å². The molecular formula is C33H47BN6O5. The maximum Gasteiger partial charge on any atom is 0.481 e. The van der Waals surface area contributed by atoms with Gasteiger partial charge in [0.1, 0.15) is 12.1 Å². The van der Waals surface area contributed by atoms with Crippen LogP contribution in [0.25, 0.3) is 0 Å². The van der Waals surface area contributed by atoms with Gasteiger partial charge in [-0.05, 0) is 68.3 Å². The second-order valence-corrected chi connectivity index (χ2v) is 14.2. The average Bonchev–Trinajstić information content (AvgIpc) is 3.74. The number of nitrogens with two attached hydrogens (primary N) is 1. The van der Waals surface area contributed by atoms with Crippen LogP contribution < -0.4 is 16.4 Å². The van der Waals surface area contributed by atoms with E-state index < -0.39 is 30.7 Å². The fourth-order valence-electron chi connectivity index (χ4n) is 8.44. The molecule has 3 heterocycles. The van der Waals surface area contributed by atoms with Crippen LogP contribution in [0.1, 0.15) is 71.8 Å². The highest BCUT2D eigenvalue weighted by molar-refractivity contribution is 6.47. The van der Waals surface area contributed by atoms with E-state index in [2.05, 4.69) is 36.4 Å². The van der Waals surface area contributed by atoms with E-state index in [1.54, 1.807) is 11.1 Å². The number of aryl methyl sites for hydroxylation is 1. The van der Waals surface area contributed by atoms with Crippen LogP contribution in [0.3, 0.4) is 0 Å². The number of aromatic nitrogens is 2. The molecule has 3 saturated carbocycles. The van der Waals surface area contributed by atoms with Crippen molar-refractivity contribution in [3.63, 3.8) is 0 Å². The van der Waals surface area contributed by atoms with Crippen molar-refractivity contribution in [2.24, 2.45) is 17.3 Å². The molecule has 1 aromatic heterocycles. The normalized spacial score (nSPS) is 29.4. The van der Waals surface area contributed by atoms with Crippen LogP contribution in [0.2, 0.25) is 0 Å². The highest BCUT2D eigenvalue weighted by Crippen LogP contribution is 2.65. The number of hydrogen-bond donors (Lipinski definition) is 3. The fourth-order valence-corrected chi connectivity index (χ4v) is 8.44. The molecule has 3 amide bonds. The standard InChI is InChI=1S/C33H47BN6O5/c1-21(41)37-24(18-22-10-6-5-7-11-22)30(43)40-16-8-12-25(40)29(42)38-28(13-9-15-39-17-14-36-31(39)35)34-44-27-20-23-19-26(32(23,2)3)33(27,4)45-34/h5-7,10-11,14,17,23-28H,8-9,12-13,15-16,18-20H2,1-4H3,(H2,35,36)(H,37,41)(H,38,42)/t23-,24+,25-,26?,27+,28?,33-/m0/s1. The second kappa shape index (κ2) is 12.4. The van der Waals surface area contributed by atoms with Crippen molar-refractivity contribution >= 4 is 30.8 Å². The summed E-state index contributed by atoms with van der Waals surface area (Å²) in [6.45, 7) is 9.35. The van der Waals surface area contributed by atoms with Gasteiger partial charge in [-0.1, -0.05) is 44.2 Å². The average molecular weight is 619 g/mol. The van der Waals surface area contributed by atoms with Crippen LogP contribution in [0.4, 0.5) is 5.95 Å². The largest absolute Gasteiger partial charge is 0.481 e. The minimum atomic E-state index is -0.755. The van der Waals surface area contributed by atoms with Gasteiger partial charge in [0.2, 0.25) is 17.7 Å². The summed E-state index contributed by atoms with van der Waals surface area (Å²) in [7, 11) is -0.588. The Labute approximate surface area is 266 Å². The van der Waals surface area contributed by atoms with Crippen molar-refractivity contribution in [2.45, 2.75) is 109 Å². The lowest BCUT2D eigenvalue weighted by Crippen LogP contribution is -2.65. The van der Waals surface area contributed by atoms with E-state index in [-0.39, 0.29) is 29.2 Å². The fraction of sp³-hybridized carbons (Fsp3) is 0.636. The zero-order valence-electron chi connectivity index (χ0n) is 26.9. The number of nitrogens with zero attached hydrogens (tertiary/aromatic N) is 3. The lowest BCUT2D eigenvalue weighted by atomic mass is 9.43. The topological polar surface area (TPSA) is 141 Å². The predicted octanol–water partition coefficient (Wildman–Crippen LogP) is 2.74. The van der Waals surface area contributed by atoms with Crippen molar-refractivity contribution in [3.8, 4) is 0 Å². The number of amides is 3. The van der Waals surface area contributed by atoms with Gasteiger partial charge < -0.3 is 35.1 Å². The van der Waals surface area contributed by atoms with Gasteiger partial charge in [0.25, 0.3) is 0 Å². The third-order valence-corrected chi connectivity index (χ3v) is 11.1.